The van der Waals surface area contributed by atoms with Crippen molar-refractivity contribution in [2.75, 3.05) is 27.3 Å². The predicted molar refractivity (Wildman–Crippen MR) is 192 cm³/mol. The van der Waals surface area contributed by atoms with Crippen LogP contribution in [0.1, 0.15) is 81.1 Å². The number of benzene rings is 1. The van der Waals surface area contributed by atoms with Crippen molar-refractivity contribution in [3.05, 3.63) is 30.3 Å². The van der Waals surface area contributed by atoms with Gasteiger partial charge in [-0.2, -0.15) is 0 Å². The third-order valence-corrected chi connectivity index (χ3v) is 10.7. The number of nitrogens with zero attached hydrogens (tertiary/aromatic N) is 2. The molecule has 0 bridgehead atoms. The number of esters is 1. The molecule has 2 saturated heterocycles. The number of cyclic esters (lactones) is 1. The van der Waals surface area contributed by atoms with Gasteiger partial charge >= 0.3 is 5.97 Å². The fraction of sp³-hybridized carbons (Fsp3) is 0.789. The Morgan fingerprint density at radius 1 is 0.961 bits per heavy atom. The van der Waals surface area contributed by atoms with Crippen molar-refractivity contribution in [2.24, 2.45) is 28.8 Å². The Morgan fingerprint density at radius 2 is 1.61 bits per heavy atom. The van der Waals surface area contributed by atoms with Crippen molar-refractivity contribution < 1.29 is 54.1 Å². The molecular weight excluding hydrogens is 660 g/mol. The molecule has 1 aromatic carbocycles. The van der Waals surface area contributed by atoms with Gasteiger partial charge in [-0.1, -0.05) is 51.0 Å². The standard InChI is InChI=1S/C38H64N2O11/c1-11-29-38(8,46)33(43)24(4)30(39-48-19-15-18-47-27-16-13-12-14-17-27)22(2)21-37(7,45)34(25(5)31(41)26(6)35(44)50-29)51-36-32(42)28(40(9)10)20-23(3)49-36/h12-14,16-17,22-26,28-29,31-34,36,41-43,45-46H,11,15,18-21H2,1-10H3/b39-30+/t22-,23-,24+,25+,26-,28+,29-,31+,32-,33-,34-,36+,37?,38-/m1/s1. The zero-order chi connectivity index (χ0) is 38.3. The molecule has 0 amide bonds. The largest absolute Gasteiger partial charge is 0.493 e. The van der Waals surface area contributed by atoms with E-state index >= 15 is 0 Å². The molecule has 2 fully saturated rings. The molecule has 0 saturated carbocycles. The summed E-state index contributed by atoms with van der Waals surface area (Å²) in [6.07, 6.45) is -6.29. The number of aliphatic hydroxyl groups excluding tert-OH is 3. The minimum Gasteiger partial charge on any atom is -0.493 e. The third kappa shape index (κ3) is 10.8. The number of oxime groups is 1. The Bertz CT molecular complexity index is 1250. The van der Waals surface area contributed by atoms with E-state index in [2.05, 4.69) is 5.16 Å². The first-order chi connectivity index (χ1) is 23.8. The Labute approximate surface area is 303 Å². The van der Waals surface area contributed by atoms with E-state index in [9.17, 15) is 30.3 Å². The van der Waals surface area contributed by atoms with Crippen LogP contribution in [0.2, 0.25) is 0 Å². The number of ether oxygens (including phenoxy) is 4. The number of carbonyl (C=O) groups excluding carboxylic acids is 1. The number of hydrogen-bond donors (Lipinski definition) is 5. The summed E-state index contributed by atoms with van der Waals surface area (Å²) in [5.41, 5.74) is -3.24. The van der Waals surface area contributed by atoms with Gasteiger partial charge in [-0.25, -0.2) is 0 Å². The van der Waals surface area contributed by atoms with Crippen molar-refractivity contribution in [1.82, 2.24) is 4.90 Å². The van der Waals surface area contributed by atoms with Gasteiger partial charge in [0.1, 0.15) is 30.2 Å². The fourth-order valence-corrected chi connectivity index (χ4v) is 7.54. The number of aliphatic hydroxyl groups is 5. The summed E-state index contributed by atoms with van der Waals surface area (Å²) < 4.78 is 24.1. The van der Waals surface area contributed by atoms with Crippen LogP contribution >= 0.6 is 0 Å². The summed E-state index contributed by atoms with van der Waals surface area (Å²) in [6, 6.07) is 9.11. The van der Waals surface area contributed by atoms with Gasteiger partial charge in [0.15, 0.2) is 6.29 Å². The highest BCUT2D eigenvalue weighted by molar-refractivity contribution is 5.88. The molecule has 2 heterocycles. The lowest BCUT2D eigenvalue weighted by molar-refractivity contribution is -0.298. The van der Waals surface area contributed by atoms with Gasteiger partial charge in [-0.15, -0.1) is 0 Å². The van der Waals surface area contributed by atoms with Crippen LogP contribution < -0.4 is 4.74 Å². The first-order valence-corrected chi connectivity index (χ1v) is 18.4. The second kappa shape index (κ2) is 18.6. The molecule has 5 N–H and O–H groups in total. The van der Waals surface area contributed by atoms with Crippen molar-refractivity contribution >= 4 is 11.7 Å². The molecular formula is C38H64N2O11. The molecule has 1 unspecified atom stereocenters. The van der Waals surface area contributed by atoms with E-state index in [1.165, 1.54) is 13.8 Å². The number of hydrogen-bond acceptors (Lipinski definition) is 13. The highest BCUT2D eigenvalue weighted by atomic mass is 16.7. The molecule has 0 aliphatic carbocycles. The summed E-state index contributed by atoms with van der Waals surface area (Å²) in [6.45, 7) is 13.9. The van der Waals surface area contributed by atoms with E-state index in [0.717, 1.165) is 5.75 Å². The highest BCUT2D eigenvalue weighted by Gasteiger charge is 2.51. The molecule has 2 aliphatic heterocycles. The average Bonchev–Trinajstić information content (AvgIpc) is 3.08. The van der Waals surface area contributed by atoms with E-state index < -0.39 is 77.7 Å². The summed E-state index contributed by atoms with van der Waals surface area (Å²) in [4.78, 5) is 21.1. The van der Waals surface area contributed by atoms with E-state index in [-0.39, 0.29) is 31.6 Å². The number of rotatable bonds is 10. The summed E-state index contributed by atoms with van der Waals surface area (Å²) in [5, 5.41) is 63.0. The van der Waals surface area contributed by atoms with E-state index in [1.807, 2.05) is 63.2 Å². The van der Waals surface area contributed by atoms with Crippen LogP contribution in [0.3, 0.4) is 0 Å². The van der Waals surface area contributed by atoms with Gasteiger partial charge < -0.3 is 54.2 Å². The highest BCUT2D eigenvalue weighted by Crippen LogP contribution is 2.38. The lowest BCUT2D eigenvalue weighted by Crippen LogP contribution is -2.60. The summed E-state index contributed by atoms with van der Waals surface area (Å²) in [7, 11) is 3.72. The number of carbonyl (C=O) groups is 1. The van der Waals surface area contributed by atoms with E-state index in [0.29, 0.717) is 25.2 Å². The molecule has 51 heavy (non-hydrogen) atoms. The molecule has 3 rings (SSSR count). The van der Waals surface area contributed by atoms with Crippen molar-refractivity contribution in [3.63, 3.8) is 0 Å². The first-order valence-electron chi connectivity index (χ1n) is 18.4. The van der Waals surface area contributed by atoms with Crippen LogP contribution in [-0.2, 0) is 23.8 Å². The zero-order valence-electron chi connectivity index (χ0n) is 32.1. The topological polar surface area (TPSA) is 180 Å². The second-order valence-electron chi connectivity index (χ2n) is 15.4. The monoisotopic (exact) mass is 724 g/mol. The average molecular weight is 725 g/mol. The van der Waals surface area contributed by atoms with Crippen molar-refractivity contribution in [3.8, 4) is 5.75 Å². The first kappa shape index (κ1) is 43.0. The van der Waals surface area contributed by atoms with Crippen LogP contribution in [-0.4, -0.2) is 130 Å². The van der Waals surface area contributed by atoms with Gasteiger partial charge in [0.05, 0.1) is 48.3 Å². The molecule has 0 aromatic heterocycles. The maximum absolute atomic E-state index is 13.5. The van der Waals surface area contributed by atoms with E-state index in [4.69, 9.17) is 23.8 Å². The molecule has 14 atom stereocenters. The zero-order valence-corrected chi connectivity index (χ0v) is 32.1. The predicted octanol–water partition coefficient (Wildman–Crippen LogP) is 3.13. The smallest absolute Gasteiger partial charge is 0.311 e. The van der Waals surface area contributed by atoms with E-state index in [1.54, 1.807) is 27.7 Å². The van der Waals surface area contributed by atoms with Crippen LogP contribution in [0.5, 0.6) is 5.75 Å². The van der Waals surface area contributed by atoms with Crippen LogP contribution in [0.15, 0.2) is 35.5 Å². The Balaban J connectivity index is 1.99. The molecule has 13 nitrogen and oxygen atoms in total. The van der Waals surface area contributed by atoms with Gasteiger partial charge in [0.25, 0.3) is 0 Å². The number of para-hydroxylation sites is 1. The molecule has 0 radical (unpaired) electrons. The SMILES string of the molecule is CC[C@H]1OC(=O)[C@H](C)[C@@H](O)[C@H](C)[C@@H](O[C@@H]2O[C@H](C)C[C@H](N(C)C)[C@H]2O)C(C)(O)C[C@@H](C)/C(=N\OCCCOc2ccccc2)[C@H](C)[C@@H](O)[C@]1(C)O. The van der Waals surface area contributed by atoms with Crippen LogP contribution in [0.4, 0.5) is 0 Å². The molecule has 13 heteroatoms. The Hall–Kier alpha value is -2.36. The number of likely N-dealkylation sites (N-methyl/N-ethyl adjacent to an activating group) is 1. The van der Waals surface area contributed by atoms with Crippen molar-refractivity contribution in [1.29, 1.82) is 0 Å². The van der Waals surface area contributed by atoms with Crippen LogP contribution in [0.25, 0.3) is 0 Å². The molecule has 292 valence electrons. The molecule has 0 spiro atoms. The summed E-state index contributed by atoms with van der Waals surface area (Å²) >= 11 is 0. The Kier molecular flexibility index (Phi) is 15.7. The normalized spacial score (nSPS) is 41.2. The van der Waals surface area contributed by atoms with Gasteiger partial charge in [-0.3, -0.25) is 4.79 Å². The lowest BCUT2D eigenvalue weighted by atomic mass is 9.73. The second-order valence-corrected chi connectivity index (χ2v) is 15.4. The Morgan fingerprint density at radius 3 is 2.22 bits per heavy atom. The minimum absolute atomic E-state index is 0.0127. The fourth-order valence-electron chi connectivity index (χ4n) is 7.54. The third-order valence-electron chi connectivity index (χ3n) is 10.7. The summed E-state index contributed by atoms with van der Waals surface area (Å²) in [5.74, 6) is -3.37. The molecule has 2 aliphatic rings. The minimum atomic E-state index is -1.91. The van der Waals surface area contributed by atoms with Crippen LogP contribution in [0, 0.1) is 23.7 Å². The van der Waals surface area contributed by atoms with Gasteiger partial charge in [-0.05, 0) is 73.2 Å². The lowest BCUT2D eigenvalue weighted by Gasteiger charge is -2.47. The van der Waals surface area contributed by atoms with Gasteiger partial charge in [0, 0.05) is 30.2 Å². The van der Waals surface area contributed by atoms with Crippen molar-refractivity contribution in [2.45, 2.75) is 141 Å². The maximum Gasteiger partial charge on any atom is 0.311 e. The quantitative estimate of drug-likeness (QED) is 0.135. The molecule has 1 aromatic rings. The van der Waals surface area contributed by atoms with Gasteiger partial charge in [0.2, 0.25) is 0 Å². The maximum atomic E-state index is 13.5.